The van der Waals surface area contributed by atoms with Crippen molar-refractivity contribution in [2.75, 3.05) is 0 Å². The first kappa shape index (κ1) is 14.6. The molecule has 1 atom stereocenters. The molecule has 1 N–H and O–H groups in total. The van der Waals surface area contributed by atoms with E-state index in [1.807, 2.05) is 24.3 Å². The van der Waals surface area contributed by atoms with E-state index in [-0.39, 0.29) is 10.0 Å². The number of benzene rings is 2. The average Bonchev–Trinajstić information content (AvgIpc) is 2.88. The standard InChI is InChI=1S/C16H11BrF2OS/c1-16(20,14-11(18)7-6-10(17)15(14)19)13-8-9-4-2-3-5-12(9)21-13/h2-8,20H,1H3. The summed E-state index contributed by atoms with van der Waals surface area (Å²) in [4.78, 5) is 0.500. The molecule has 1 aromatic heterocycles. The molecule has 0 amide bonds. The van der Waals surface area contributed by atoms with E-state index in [9.17, 15) is 13.9 Å². The second-order valence-electron chi connectivity index (χ2n) is 4.94. The molecule has 0 radical (unpaired) electrons. The van der Waals surface area contributed by atoms with Gasteiger partial charge in [0, 0.05) is 9.58 Å². The molecule has 1 nitrogen and oxygen atoms in total. The van der Waals surface area contributed by atoms with Gasteiger partial charge in [0.15, 0.2) is 0 Å². The van der Waals surface area contributed by atoms with Crippen LogP contribution >= 0.6 is 27.3 Å². The molecule has 0 bridgehead atoms. The summed E-state index contributed by atoms with van der Waals surface area (Å²) in [7, 11) is 0. The monoisotopic (exact) mass is 368 g/mol. The number of hydrogen-bond donors (Lipinski definition) is 1. The molecule has 3 rings (SSSR count). The fourth-order valence-electron chi connectivity index (χ4n) is 2.32. The van der Waals surface area contributed by atoms with Crippen molar-refractivity contribution in [1.82, 2.24) is 0 Å². The van der Waals surface area contributed by atoms with Crippen molar-refractivity contribution in [2.45, 2.75) is 12.5 Å². The van der Waals surface area contributed by atoms with Crippen LogP contribution in [0.1, 0.15) is 17.4 Å². The van der Waals surface area contributed by atoms with E-state index in [0.29, 0.717) is 4.88 Å². The summed E-state index contributed by atoms with van der Waals surface area (Å²) in [5.74, 6) is -1.55. The normalized spacial score (nSPS) is 14.3. The van der Waals surface area contributed by atoms with Gasteiger partial charge >= 0.3 is 0 Å². The van der Waals surface area contributed by atoms with Gasteiger partial charge in [-0.3, -0.25) is 0 Å². The maximum absolute atomic E-state index is 14.3. The third-order valence-corrected chi connectivity index (χ3v) is 5.38. The Balaban J connectivity index is 2.22. The molecule has 0 aliphatic heterocycles. The van der Waals surface area contributed by atoms with Crippen molar-refractivity contribution in [2.24, 2.45) is 0 Å². The summed E-state index contributed by atoms with van der Waals surface area (Å²) in [5.41, 5.74) is -2.08. The molecule has 2 aromatic carbocycles. The van der Waals surface area contributed by atoms with Gasteiger partial charge in [-0.05, 0) is 52.5 Å². The Hall–Kier alpha value is -1.30. The van der Waals surface area contributed by atoms with Crippen LogP contribution in [0.5, 0.6) is 0 Å². The van der Waals surface area contributed by atoms with E-state index in [2.05, 4.69) is 15.9 Å². The highest BCUT2D eigenvalue weighted by atomic mass is 79.9. The molecule has 21 heavy (non-hydrogen) atoms. The van der Waals surface area contributed by atoms with E-state index in [1.165, 1.54) is 24.3 Å². The molecule has 1 heterocycles. The van der Waals surface area contributed by atoms with Gasteiger partial charge in [-0.2, -0.15) is 0 Å². The van der Waals surface area contributed by atoms with Crippen molar-refractivity contribution in [3.05, 3.63) is 69.0 Å². The first-order chi connectivity index (χ1) is 9.91. The van der Waals surface area contributed by atoms with Crippen molar-refractivity contribution in [3.63, 3.8) is 0 Å². The molecule has 0 aliphatic carbocycles. The summed E-state index contributed by atoms with van der Waals surface area (Å²) in [6.07, 6.45) is 0. The first-order valence-corrected chi connectivity index (χ1v) is 7.87. The predicted molar refractivity (Wildman–Crippen MR) is 84.6 cm³/mol. The van der Waals surface area contributed by atoms with E-state index in [1.54, 1.807) is 6.07 Å². The van der Waals surface area contributed by atoms with Crippen LogP contribution in [0.15, 0.2) is 46.9 Å². The van der Waals surface area contributed by atoms with Gasteiger partial charge in [-0.15, -0.1) is 11.3 Å². The lowest BCUT2D eigenvalue weighted by atomic mass is 9.93. The van der Waals surface area contributed by atoms with Crippen LogP contribution in [0, 0.1) is 11.6 Å². The molecule has 0 saturated carbocycles. The minimum Gasteiger partial charge on any atom is -0.380 e. The van der Waals surface area contributed by atoms with E-state index in [4.69, 9.17) is 0 Å². The Morgan fingerprint density at radius 3 is 2.57 bits per heavy atom. The summed E-state index contributed by atoms with van der Waals surface area (Å²) in [6.45, 7) is 1.41. The van der Waals surface area contributed by atoms with Gasteiger partial charge in [-0.25, -0.2) is 8.78 Å². The van der Waals surface area contributed by atoms with Crippen LogP contribution in [0.2, 0.25) is 0 Å². The van der Waals surface area contributed by atoms with Crippen molar-refractivity contribution >= 4 is 37.4 Å². The first-order valence-electron chi connectivity index (χ1n) is 6.26. The van der Waals surface area contributed by atoms with Crippen LogP contribution in [0.4, 0.5) is 8.78 Å². The highest BCUT2D eigenvalue weighted by molar-refractivity contribution is 9.10. The summed E-state index contributed by atoms with van der Waals surface area (Å²) in [6, 6.07) is 11.8. The number of aliphatic hydroxyl groups is 1. The average molecular weight is 369 g/mol. The van der Waals surface area contributed by atoms with Gasteiger partial charge in [0.2, 0.25) is 0 Å². The van der Waals surface area contributed by atoms with Crippen molar-refractivity contribution < 1.29 is 13.9 Å². The Morgan fingerprint density at radius 2 is 1.86 bits per heavy atom. The van der Waals surface area contributed by atoms with E-state index < -0.39 is 17.2 Å². The summed E-state index contributed by atoms with van der Waals surface area (Å²) < 4.78 is 29.4. The van der Waals surface area contributed by atoms with Gasteiger partial charge in [0.05, 0.1) is 10.0 Å². The number of rotatable bonds is 2. The largest absolute Gasteiger partial charge is 0.380 e. The number of halogens is 3. The number of fused-ring (bicyclic) bond motifs is 1. The molecule has 5 heteroatoms. The molecule has 108 valence electrons. The van der Waals surface area contributed by atoms with Crippen LogP contribution in [0.25, 0.3) is 10.1 Å². The topological polar surface area (TPSA) is 20.2 Å². The number of thiophene rings is 1. The zero-order valence-corrected chi connectivity index (χ0v) is 13.4. The summed E-state index contributed by atoms with van der Waals surface area (Å²) in [5, 5.41) is 11.7. The van der Waals surface area contributed by atoms with Gasteiger partial charge in [0.25, 0.3) is 0 Å². The molecular weight excluding hydrogens is 358 g/mol. The fraction of sp³-hybridized carbons (Fsp3) is 0.125. The van der Waals surface area contributed by atoms with Crippen LogP contribution in [0.3, 0.4) is 0 Å². The third-order valence-electron chi connectivity index (χ3n) is 3.44. The van der Waals surface area contributed by atoms with E-state index >= 15 is 0 Å². The third kappa shape index (κ3) is 2.39. The smallest absolute Gasteiger partial charge is 0.146 e. The second kappa shape index (κ2) is 5.16. The van der Waals surface area contributed by atoms with Gasteiger partial charge in [-0.1, -0.05) is 18.2 Å². The van der Waals surface area contributed by atoms with Crippen LogP contribution in [-0.4, -0.2) is 5.11 Å². The van der Waals surface area contributed by atoms with E-state index in [0.717, 1.165) is 16.2 Å². The highest BCUT2D eigenvalue weighted by Gasteiger charge is 2.34. The zero-order chi connectivity index (χ0) is 15.2. The Kier molecular flexibility index (Phi) is 3.59. The summed E-state index contributed by atoms with van der Waals surface area (Å²) >= 11 is 4.35. The van der Waals surface area contributed by atoms with Crippen molar-refractivity contribution in [1.29, 1.82) is 0 Å². The molecule has 0 spiro atoms. The van der Waals surface area contributed by atoms with Crippen LogP contribution < -0.4 is 0 Å². The molecule has 3 aromatic rings. The predicted octanol–water partition coefficient (Wildman–Crippen LogP) is 5.20. The molecule has 1 unspecified atom stereocenters. The minimum atomic E-state index is -1.73. The molecular formula is C16H11BrF2OS. The number of hydrogen-bond acceptors (Lipinski definition) is 2. The zero-order valence-electron chi connectivity index (χ0n) is 11.0. The fourth-order valence-corrected chi connectivity index (χ4v) is 3.76. The maximum atomic E-state index is 14.3. The van der Waals surface area contributed by atoms with Crippen molar-refractivity contribution in [3.8, 4) is 0 Å². The molecule has 0 fully saturated rings. The van der Waals surface area contributed by atoms with Gasteiger partial charge in [0.1, 0.15) is 17.2 Å². The maximum Gasteiger partial charge on any atom is 0.146 e. The van der Waals surface area contributed by atoms with Crippen LogP contribution in [-0.2, 0) is 5.60 Å². The lowest BCUT2D eigenvalue weighted by Gasteiger charge is -2.24. The highest BCUT2D eigenvalue weighted by Crippen LogP contribution is 2.40. The lowest BCUT2D eigenvalue weighted by molar-refractivity contribution is 0.0971. The lowest BCUT2D eigenvalue weighted by Crippen LogP contribution is -2.25. The molecule has 0 aliphatic rings. The Labute approximate surface area is 133 Å². The Morgan fingerprint density at radius 1 is 1.14 bits per heavy atom. The SMILES string of the molecule is CC(O)(c1cc2ccccc2s1)c1c(F)ccc(Br)c1F. The Bertz CT molecular complexity index is 793. The quantitative estimate of drug-likeness (QED) is 0.616. The minimum absolute atomic E-state index is 0.125. The van der Waals surface area contributed by atoms with Gasteiger partial charge < -0.3 is 5.11 Å². The second-order valence-corrected chi connectivity index (χ2v) is 6.88. The molecule has 0 saturated heterocycles.